The lowest BCUT2D eigenvalue weighted by atomic mass is 10.4. The summed E-state index contributed by atoms with van der Waals surface area (Å²) in [6.45, 7) is 3.74. The van der Waals surface area contributed by atoms with Crippen LogP contribution in [0.5, 0.6) is 0 Å². The number of hydrogen-bond donors (Lipinski definition) is 1. The summed E-state index contributed by atoms with van der Waals surface area (Å²) in [7, 11) is -1.85. The minimum absolute atomic E-state index is 0.158. The van der Waals surface area contributed by atoms with Crippen LogP contribution in [-0.4, -0.2) is 33.3 Å². The molecule has 1 rings (SSSR count). The first-order valence-electron chi connectivity index (χ1n) is 4.85. The second-order valence-corrected chi connectivity index (χ2v) is 5.39. The van der Waals surface area contributed by atoms with Gasteiger partial charge >= 0.3 is 0 Å². The lowest BCUT2D eigenvalue weighted by molar-refractivity contribution is 0.122. The summed E-state index contributed by atoms with van der Waals surface area (Å²) in [6, 6.07) is 1.60. The van der Waals surface area contributed by atoms with Gasteiger partial charge in [0.05, 0.1) is 6.10 Å². The summed E-state index contributed by atoms with van der Waals surface area (Å²) in [6.07, 6.45) is -0.158. The molecule has 0 saturated carbocycles. The molecule has 0 spiro atoms. The quantitative estimate of drug-likeness (QED) is 0.790. The highest BCUT2D eigenvalue weighted by atomic mass is 32.2. The minimum Gasteiger partial charge on any atom is -0.380 e. The molecule has 1 unspecified atom stereocenters. The molecule has 0 aliphatic heterocycles. The second-order valence-electron chi connectivity index (χ2n) is 3.58. The Hall–Kier alpha value is -0.920. The highest BCUT2D eigenvalue weighted by Crippen LogP contribution is 2.05. The number of rotatable bonds is 6. The number of nitrogens with one attached hydrogen (secondary N) is 1. The van der Waals surface area contributed by atoms with Gasteiger partial charge in [-0.25, -0.2) is 13.1 Å². The summed E-state index contributed by atoms with van der Waals surface area (Å²) in [5.74, 6) is 0.413. The average molecular weight is 248 g/mol. The molecule has 0 bridgehead atoms. The predicted octanol–water partition coefficient (Wildman–Crippen LogP) is 0.437. The summed E-state index contributed by atoms with van der Waals surface area (Å²) < 4.78 is 35.3. The number of aryl methyl sites for hydroxylation is 1. The van der Waals surface area contributed by atoms with Crippen LogP contribution in [0.4, 0.5) is 0 Å². The molecule has 0 radical (unpaired) electrons. The van der Waals surface area contributed by atoms with Crippen LogP contribution in [0.15, 0.2) is 10.6 Å². The Kier molecular flexibility index (Phi) is 4.45. The van der Waals surface area contributed by atoms with Crippen LogP contribution in [0.25, 0.3) is 0 Å². The molecule has 16 heavy (non-hydrogen) atoms. The fourth-order valence-electron chi connectivity index (χ4n) is 1.06. The lowest BCUT2D eigenvalue weighted by Gasteiger charge is -2.10. The molecule has 7 heteroatoms. The maximum atomic E-state index is 11.6. The third-order valence-corrected chi connectivity index (χ3v) is 3.29. The molecular weight excluding hydrogens is 232 g/mol. The lowest BCUT2D eigenvalue weighted by Crippen LogP contribution is -2.32. The van der Waals surface area contributed by atoms with Crippen LogP contribution < -0.4 is 4.72 Å². The van der Waals surface area contributed by atoms with E-state index in [1.165, 1.54) is 7.11 Å². The van der Waals surface area contributed by atoms with Gasteiger partial charge in [-0.3, -0.25) is 0 Å². The van der Waals surface area contributed by atoms with Gasteiger partial charge in [-0.05, 0) is 13.8 Å². The van der Waals surface area contributed by atoms with Crippen molar-refractivity contribution in [2.45, 2.75) is 25.7 Å². The Bertz CT molecular complexity index is 426. The molecule has 1 atom stereocenters. The summed E-state index contributed by atoms with van der Waals surface area (Å²) >= 11 is 0. The zero-order valence-corrected chi connectivity index (χ0v) is 10.4. The molecule has 1 N–H and O–H groups in total. The van der Waals surface area contributed by atoms with E-state index in [1.54, 1.807) is 19.9 Å². The van der Waals surface area contributed by atoms with Crippen LogP contribution in [0, 0.1) is 6.92 Å². The largest absolute Gasteiger partial charge is 0.380 e. The van der Waals surface area contributed by atoms with Gasteiger partial charge in [0.1, 0.15) is 17.2 Å². The number of nitrogens with zero attached hydrogens (tertiary/aromatic N) is 1. The minimum atomic E-state index is -3.38. The first-order chi connectivity index (χ1) is 7.43. The van der Waals surface area contributed by atoms with Crippen LogP contribution >= 0.6 is 0 Å². The molecule has 1 heterocycles. The van der Waals surface area contributed by atoms with E-state index in [9.17, 15) is 8.42 Å². The standard InChI is InChI=1S/C9H16N2O4S/c1-7-4-9(11-15-7)6-16(12,13)10-5-8(2)14-3/h4,8,10H,5-6H2,1-3H3. The van der Waals surface area contributed by atoms with Crippen molar-refractivity contribution in [3.8, 4) is 0 Å². The van der Waals surface area contributed by atoms with Gasteiger partial charge in [-0.2, -0.15) is 0 Å². The van der Waals surface area contributed by atoms with Crippen molar-refractivity contribution in [3.63, 3.8) is 0 Å². The molecular formula is C9H16N2O4S. The van der Waals surface area contributed by atoms with Crippen LogP contribution in [0.1, 0.15) is 18.4 Å². The van der Waals surface area contributed by atoms with E-state index in [0.29, 0.717) is 11.5 Å². The van der Waals surface area contributed by atoms with Crippen molar-refractivity contribution >= 4 is 10.0 Å². The van der Waals surface area contributed by atoms with Crippen LogP contribution in [0.3, 0.4) is 0 Å². The highest BCUT2D eigenvalue weighted by Gasteiger charge is 2.15. The molecule has 92 valence electrons. The Labute approximate surface area is 95.0 Å². The van der Waals surface area contributed by atoms with Gasteiger partial charge in [-0.15, -0.1) is 0 Å². The van der Waals surface area contributed by atoms with Crippen molar-refractivity contribution in [3.05, 3.63) is 17.5 Å². The van der Waals surface area contributed by atoms with E-state index in [0.717, 1.165) is 0 Å². The van der Waals surface area contributed by atoms with Crippen molar-refractivity contribution in [1.82, 2.24) is 9.88 Å². The first-order valence-corrected chi connectivity index (χ1v) is 6.50. The number of sulfonamides is 1. The highest BCUT2D eigenvalue weighted by molar-refractivity contribution is 7.88. The fourth-order valence-corrected chi connectivity index (χ4v) is 2.18. The van der Waals surface area contributed by atoms with E-state index in [2.05, 4.69) is 9.88 Å². The van der Waals surface area contributed by atoms with Crippen molar-refractivity contribution in [2.24, 2.45) is 0 Å². The zero-order valence-electron chi connectivity index (χ0n) is 9.56. The molecule has 1 aromatic heterocycles. The number of ether oxygens (including phenoxy) is 1. The van der Waals surface area contributed by atoms with E-state index in [-0.39, 0.29) is 18.4 Å². The van der Waals surface area contributed by atoms with Gasteiger partial charge in [0.2, 0.25) is 10.0 Å². The Balaban J connectivity index is 2.52. The molecule has 0 aromatic carbocycles. The molecule has 6 nitrogen and oxygen atoms in total. The molecule has 0 aliphatic rings. The zero-order chi connectivity index (χ0) is 12.2. The maximum Gasteiger partial charge on any atom is 0.217 e. The van der Waals surface area contributed by atoms with Gasteiger partial charge in [0.25, 0.3) is 0 Å². The maximum absolute atomic E-state index is 11.6. The van der Waals surface area contributed by atoms with Gasteiger partial charge in [0, 0.05) is 19.7 Å². The summed E-state index contributed by atoms with van der Waals surface area (Å²) in [5, 5.41) is 3.62. The van der Waals surface area contributed by atoms with Crippen LogP contribution in [-0.2, 0) is 20.5 Å². The van der Waals surface area contributed by atoms with Crippen molar-refractivity contribution < 1.29 is 17.7 Å². The molecule has 1 aromatic rings. The van der Waals surface area contributed by atoms with Gasteiger partial charge in [0.15, 0.2) is 0 Å². The normalized spacial score (nSPS) is 13.9. The SMILES string of the molecule is COC(C)CNS(=O)(=O)Cc1cc(C)on1. The van der Waals surface area contributed by atoms with Gasteiger partial charge < -0.3 is 9.26 Å². The third-order valence-electron chi connectivity index (χ3n) is 2.01. The van der Waals surface area contributed by atoms with E-state index < -0.39 is 10.0 Å². The Morgan fingerprint density at radius 3 is 2.81 bits per heavy atom. The van der Waals surface area contributed by atoms with Crippen LogP contribution in [0.2, 0.25) is 0 Å². The van der Waals surface area contributed by atoms with Crippen molar-refractivity contribution in [2.75, 3.05) is 13.7 Å². The molecule has 0 fully saturated rings. The van der Waals surface area contributed by atoms with E-state index >= 15 is 0 Å². The summed E-state index contributed by atoms with van der Waals surface area (Å²) in [5.41, 5.74) is 0.398. The first kappa shape index (κ1) is 13.1. The second kappa shape index (κ2) is 5.42. The third kappa shape index (κ3) is 4.30. The number of aromatic nitrogens is 1. The van der Waals surface area contributed by atoms with Crippen molar-refractivity contribution in [1.29, 1.82) is 0 Å². The average Bonchev–Trinajstić information content (AvgIpc) is 2.59. The molecule has 0 saturated heterocycles. The smallest absolute Gasteiger partial charge is 0.217 e. The van der Waals surface area contributed by atoms with E-state index in [1.807, 2.05) is 0 Å². The molecule has 0 aliphatic carbocycles. The topological polar surface area (TPSA) is 81.4 Å². The summed E-state index contributed by atoms with van der Waals surface area (Å²) in [4.78, 5) is 0. The Morgan fingerprint density at radius 1 is 1.62 bits per heavy atom. The fraction of sp³-hybridized carbons (Fsp3) is 0.667. The number of methoxy groups -OCH3 is 1. The Morgan fingerprint density at radius 2 is 2.31 bits per heavy atom. The molecule has 0 amide bonds. The predicted molar refractivity (Wildman–Crippen MR) is 58.3 cm³/mol. The monoisotopic (exact) mass is 248 g/mol. The number of hydrogen-bond acceptors (Lipinski definition) is 5. The van der Waals surface area contributed by atoms with Gasteiger partial charge in [-0.1, -0.05) is 5.16 Å². The van der Waals surface area contributed by atoms with E-state index in [4.69, 9.17) is 9.26 Å².